The summed E-state index contributed by atoms with van der Waals surface area (Å²) in [4.78, 5) is 27.1. The number of carbonyl (C=O) groups excluding carboxylic acids is 2. The van der Waals surface area contributed by atoms with Gasteiger partial charge in [0.05, 0.1) is 22.9 Å². The molecule has 0 aliphatic carbocycles. The molecule has 0 spiro atoms. The summed E-state index contributed by atoms with van der Waals surface area (Å²) in [5.41, 5.74) is 1.73. The third-order valence-electron chi connectivity index (χ3n) is 5.63. The molecule has 170 valence electrons. The van der Waals surface area contributed by atoms with Crippen LogP contribution in [-0.4, -0.2) is 50.0 Å². The second-order valence-electron chi connectivity index (χ2n) is 8.09. The Morgan fingerprint density at radius 2 is 1.84 bits per heavy atom. The van der Waals surface area contributed by atoms with Crippen molar-refractivity contribution in [3.63, 3.8) is 0 Å². The summed E-state index contributed by atoms with van der Waals surface area (Å²) in [5, 5.41) is 5.67. The number of anilines is 2. The number of fused-ring (bicyclic) bond motifs is 1. The Labute approximate surface area is 190 Å². The zero-order valence-corrected chi connectivity index (χ0v) is 18.8. The van der Waals surface area contributed by atoms with Crippen LogP contribution in [0.25, 0.3) is 0 Å². The molecular formula is C22H23ClFN3O4S. The van der Waals surface area contributed by atoms with Crippen LogP contribution in [0.1, 0.15) is 35.2 Å². The van der Waals surface area contributed by atoms with Gasteiger partial charge in [-0.15, -0.1) is 0 Å². The largest absolute Gasteiger partial charge is 0.371 e. The lowest BCUT2D eigenvalue weighted by molar-refractivity contribution is -0.116. The van der Waals surface area contributed by atoms with Gasteiger partial charge in [0.25, 0.3) is 5.91 Å². The number of nitrogens with zero attached hydrogens (tertiary/aromatic N) is 1. The van der Waals surface area contributed by atoms with Crippen molar-refractivity contribution in [1.82, 2.24) is 4.90 Å². The highest BCUT2D eigenvalue weighted by atomic mass is 35.5. The number of piperidine rings is 1. The molecule has 10 heteroatoms. The van der Waals surface area contributed by atoms with Crippen molar-refractivity contribution in [3.05, 3.63) is 58.4 Å². The second-order valence-corrected chi connectivity index (χ2v) is 10.6. The molecule has 2 N–H and O–H groups in total. The molecule has 0 radical (unpaired) electrons. The first-order chi connectivity index (χ1) is 15.2. The molecule has 4 rings (SSSR count). The molecule has 2 aromatic carbocycles. The highest BCUT2D eigenvalue weighted by molar-refractivity contribution is 7.90. The summed E-state index contributed by atoms with van der Waals surface area (Å²) in [6, 6.07) is 7.46. The van der Waals surface area contributed by atoms with Gasteiger partial charge < -0.3 is 15.5 Å². The quantitative estimate of drug-likeness (QED) is 0.684. The van der Waals surface area contributed by atoms with Crippen LogP contribution in [0, 0.1) is 5.82 Å². The van der Waals surface area contributed by atoms with E-state index in [1.54, 1.807) is 23.1 Å². The van der Waals surface area contributed by atoms with Gasteiger partial charge in [0.1, 0.15) is 11.9 Å². The van der Waals surface area contributed by atoms with Crippen molar-refractivity contribution in [2.45, 2.75) is 31.1 Å². The lowest BCUT2D eigenvalue weighted by Crippen LogP contribution is -2.44. The van der Waals surface area contributed by atoms with E-state index < -0.39 is 39.1 Å². The van der Waals surface area contributed by atoms with Crippen LogP contribution in [0.4, 0.5) is 15.8 Å². The smallest absolute Gasteiger partial charge is 0.253 e. The zero-order valence-electron chi connectivity index (χ0n) is 17.2. The molecule has 2 aliphatic rings. The number of rotatable bonds is 5. The van der Waals surface area contributed by atoms with Crippen LogP contribution in [-0.2, 0) is 20.4 Å². The summed E-state index contributed by atoms with van der Waals surface area (Å²) in [6.45, 7) is 1.44. The molecule has 7 nitrogen and oxygen atoms in total. The number of amides is 2. The van der Waals surface area contributed by atoms with Crippen LogP contribution in [0.5, 0.6) is 0 Å². The lowest BCUT2D eigenvalue weighted by Gasteiger charge is -2.29. The SMILES string of the molecule is O=C1Nc2cc(C(=O)N3CCCCC3)ccc2NC1CS(=O)(=O)Cc1ccc(F)cc1Cl. The van der Waals surface area contributed by atoms with E-state index in [1.165, 1.54) is 6.07 Å². The Morgan fingerprint density at radius 3 is 2.56 bits per heavy atom. The van der Waals surface area contributed by atoms with E-state index >= 15 is 0 Å². The fourth-order valence-electron chi connectivity index (χ4n) is 3.97. The predicted molar refractivity (Wildman–Crippen MR) is 121 cm³/mol. The average molecular weight is 480 g/mol. The molecule has 2 aliphatic heterocycles. The van der Waals surface area contributed by atoms with Crippen LogP contribution in [0.15, 0.2) is 36.4 Å². The average Bonchev–Trinajstić information content (AvgIpc) is 2.76. The van der Waals surface area contributed by atoms with Gasteiger partial charge in [0.2, 0.25) is 5.91 Å². The molecule has 0 saturated carbocycles. The number of nitrogens with one attached hydrogen (secondary N) is 2. The third-order valence-corrected chi connectivity index (χ3v) is 7.57. The summed E-state index contributed by atoms with van der Waals surface area (Å²) in [6.07, 6.45) is 3.08. The predicted octanol–water partition coefficient (Wildman–Crippen LogP) is 3.45. The highest BCUT2D eigenvalue weighted by Crippen LogP contribution is 2.29. The van der Waals surface area contributed by atoms with Gasteiger partial charge in [-0.05, 0) is 55.2 Å². The molecule has 1 fully saturated rings. The topological polar surface area (TPSA) is 95.6 Å². The van der Waals surface area contributed by atoms with Crippen molar-refractivity contribution in [2.75, 3.05) is 29.5 Å². The Morgan fingerprint density at radius 1 is 1.09 bits per heavy atom. The molecule has 1 unspecified atom stereocenters. The minimum absolute atomic E-state index is 0.0193. The first-order valence-electron chi connectivity index (χ1n) is 10.4. The van der Waals surface area contributed by atoms with E-state index in [9.17, 15) is 22.4 Å². The molecule has 1 atom stereocenters. The molecule has 2 heterocycles. The van der Waals surface area contributed by atoms with Crippen molar-refractivity contribution < 1.29 is 22.4 Å². The Balaban J connectivity index is 1.46. The standard InChI is InChI=1S/C22H23ClFN3O4S/c23-17-11-16(24)6-4-15(17)12-32(30,31)13-20-21(28)26-19-10-14(5-7-18(19)25-20)22(29)27-8-2-1-3-9-27/h4-7,10-11,20,25H,1-3,8-9,12-13H2,(H,26,28). The Hall–Kier alpha value is -2.65. The van der Waals surface area contributed by atoms with E-state index in [0.717, 1.165) is 44.5 Å². The van der Waals surface area contributed by atoms with Crippen LogP contribution >= 0.6 is 11.6 Å². The summed E-state index contributed by atoms with van der Waals surface area (Å²) >= 11 is 5.94. The molecule has 0 aromatic heterocycles. The van der Waals surface area contributed by atoms with Crippen molar-refractivity contribution >= 4 is 44.6 Å². The minimum atomic E-state index is -3.73. The van der Waals surface area contributed by atoms with Crippen LogP contribution in [0.3, 0.4) is 0 Å². The van der Waals surface area contributed by atoms with Crippen molar-refractivity contribution in [2.24, 2.45) is 0 Å². The number of carbonyl (C=O) groups is 2. The van der Waals surface area contributed by atoms with Gasteiger partial charge in [0, 0.05) is 23.7 Å². The van der Waals surface area contributed by atoms with Gasteiger partial charge >= 0.3 is 0 Å². The second kappa shape index (κ2) is 9.07. The van der Waals surface area contributed by atoms with E-state index in [-0.39, 0.29) is 16.5 Å². The first kappa shape index (κ1) is 22.5. The fourth-order valence-corrected chi connectivity index (χ4v) is 5.86. The molecule has 0 bridgehead atoms. The lowest BCUT2D eigenvalue weighted by atomic mass is 10.1. The number of sulfone groups is 1. The number of likely N-dealkylation sites (tertiary alicyclic amines) is 1. The number of hydrogen-bond donors (Lipinski definition) is 2. The van der Waals surface area contributed by atoms with E-state index in [4.69, 9.17) is 11.6 Å². The van der Waals surface area contributed by atoms with Crippen LogP contribution < -0.4 is 10.6 Å². The van der Waals surface area contributed by atoms with Crippen molar-refractivity contribution in [1.29, 1.82) is 0 Å². The summed E-state index contributed by atoms with van der Waals surface area (Å²) < 4.78 is 38.5. The van der Waals surface area contributed by atoms with Gasteiger partial charge in [-0.1, -0.05) is 17.7 Å². The molecule has 32 heavy (non-hydrogen) atoms. The first-order valence-corrected chi connectivity index (χ1v) is 12.6. The van der Waals surface area contributed by atoms with E-state index in [1.807, 2.05) is 0 Å². The van der Waals surface area contributed by atoms with Gasteiger partial charge in [-0.3, -0.25) is 9.59 Å². The molecular weight excluding hydrogens is 457 g/mol. The zero-order chi connectivity index (χ0) is 22.9. The van der Waals surface area contributed by atoms with Gasteiger partial charge in [0.15, 0.2) is 9.84 Å². The van der Waals surface area contributed by atoms with Crippen molar-refractivity contribution in [3.8, 4) is 0 Å². The third kappa shape index (κ3) is 5.05. The number of halogens is 2. The molecule has 1 saturated heterocycles. The molecule has 2 amide bonds. The maximum atomic E-state index is 13.2. The highest BCUT2D eigenvalue weighted by Gasteiger charge is 2.31. The normalized spacial score (nSPS) is 18.5. The van der Waals surface area contributed by atoms with Crippen LogP contribution in [0.2, 0.25) is 5.02 Å². The summed E-state index contributed by atoms with van der Waals surface area (Å²) in [7, 11) is -3.73. The minimum Gasteiger partial charge on any atom is -0.371 e. The van der Waals surface area contributed by atoms with Gasteiger partial charge in [-0.2, -0.15) is 0 Å². The fraction of sp³-hybridized carbons (Fsp3) is 0.364. The number of hydrogen-bond acceptors (Lipinski definition) is 5. The van der Waals surface area contributed by atoms with E-state index in [2.05, 4.69) is 10.6 Å². The van der Waals surface area contributed by atoms with Gasteiger partial charge in [-0.25, -0.2) is 12.8 Å². The molecule has 2 aromatic rings. The monoisotopic (exact) mass is 479 g/mol. The van der Waals surface area contributed by atoms with E-state index in [0.29, 0.717) is 16.9 Å². The number of benzene rings is 2. The Kier molecular flexibility index (Phi) is 6.39. The summed E-state index contributed by atoms with van der Waals surface area (Å²) in [5.74, 6) is -2.01. The Bertz CT molecular complexity index is 1170. The maximum Gasteiger partial charge on any atom is 0.253 e. The maximum absolute atomic E-state index is 13.2.